The third-order valence-electron chi connectivity index (χ3n) is 4.83. The van der Waals surface area contributed by atoms with Gasteiger partial charge in [-0.15, -0.1) is 11.8 Å². The van der Waals surface area contributed by atoms with E-state index in [1.165, 1.54) is 0 Å². The maximum atomic E-state index is 12.0. The molecule has 0 aliphatic carbocycles. The predicted molar refractivity (Wildman–Crippen MR) is 110 cm³/mol. The van der Waals surface area contributed by atoms with E-state index in [0.29, 0.717) is 44.1 Å². The molecule has 1 saturated heterocycles. The minimum absolute atomic E-state index is 0.383. The van der Waals surface area contributed by atoms with Crippen LogP contribution in [0, 0.1) is 0 Å². The standard InChI is InChI=1S/C19H26N4O4S/c1-25-14-5-4-13(16(10-14)26-2)11-19(28-3)21-12-15(17(20)24)18(22-19)23-6-8-27-9-7-23/h4-5,10,12,22H,6-9,11H2,1-3H3,(H2,20,24). The van der Waals surface area contributed by atoms with Crippen molar-refractivity contribution in [1.82, 2.24) is 10.2 Å². The number of carbonyl (C=O) groups is 1. The van der Waals surface area contributed by atoms with Gasteiger partial charge in [0.1, 0.15) is 17.3 Å². The zero-order valence-corrected chi connectivity index (χ0v) is 17.2. The molecule has 0 saturated carbocycles. The third kappa shape index (κ3) is 4.20. The first-order chi connectivity index (χ1) is 13.5. The minimum Gasteiger partial charge on any atom is -0.497 e. The highest BCUT2D eigenvalue weighted by Gasteiger charge is 2.36. The number of methoxy groups -OCH3 is 2. The van der Waals surface area contributed by atoms with E-state index in [4.69, 9.17) is 19.9 Å². The average Bonchev–Trinajstić information content (AvgIpc) is 2.74. The second-order valence-electron chi connectivity index (χ2n) is 6.45. The van der Waals surface area contributed by atoms with Crippen LogP contribution in [0.25, 0.3) is 0 Å². The Labute approximate surface area is 169 Å². The number of aliphatic imine (C=N–C) groups is 1. The molecule has 0 aromatic heterocycles. The zero-order chi connectivity index (χ0) is 20.1. The number of primary amides is 1. The number of ether oxygens (including phenoxy) is 3. The van der Waals surface area contributed by atoms with Crippen LogP contribution >= 0.6 is 11.8 Å². The van der Waals surface area contributed by atoms with E-state index in [-0.39, 0.29) is 0 Å². The van der Waals surface area contributed by atoms with Gasteiger partial charge in [0.15, 0.2) is 4.99 Å². The topological polar surface area (TPSA) is 98.4 Å². The van der Waals surface area contributed by atoms with Crippen molar-refractivity contribution in [2.75, 3.05) is 46.8 Å². The molecule has 1 aromatic carbocycles. The lowest BCUT2D eigenvalue weighted by Gasteiger charge is -2.40. The Morgan fingerprint density at radius 2 is 2.11 bits per heavy atom. The molecule has 152 valence electrons. The van der Waals surface area contributed by atoms with Crippen LogP contribution in [0.3, 0.4) is 0 Å². The highest BCUT2D eigenvalue weighted by molar-refractivity contribution is 7.99. The van der Waals surface area contributed by atoms with Crippen molar-refractivity contribution in [1.29, 1.82) is 0 Å². The Hall–Kier alpha value is -2.39. The zero-order valence-electron chi connectivity index (χ0n) is 16.4. The molecule has 1 fully saturated rings. The molecule has 0 bridgehead atoms. The monoisotopic (exact) mass is 406 g/mol. The smallest absolute Gasteiger partial charge is 0.253 e. The molecule has 28 heavy (non-hydrogen) atoms. The number of carbonyl (C=O) groups excluding carboxylic acids is 1. The van der Waals surface area contributed by atoms with E-state index in [0.717, 1.165) is 17.1 Å². The van der Waals surface area contributed by atoms with Gasteiger partial charge in [-0.25, -0.2) is 0 Å². The Kier molecular flexibility index (Phi) is 6.35. The molecule has 1 unspecified atom stereocenters. The van der Waals surface area contributed by atoms with E-state index in [2.05, 4.69) is 15.2 Å². The largest absolute Gasteiger partial charge is 0.497 e. The minimum atomic E-state index is -0.686. The summed E-state index contributed by atoms with van der Waals surface area (Å²) in [6.45, 7) is 2.58. The second-order valence-corrected chi connectivity index (χ2v) is 7.54. The Bertz CT molecular complexity index is 792. The Morgan fingerprint density at radius 3 is 2.71 bits per heavy atom. The van der Waals surface area contributed by atoms with Crippen LogP contribution in [0.1, 0.15) is 5.56 Å². The van der Waals surface area contributed by atoms with Gasteiger partial charge < -0.3 is 30.2 Å². The SMILES string of the molecule is COc1ccc(CC2(SC)N=CC(C(N)=O)=C(N3CCOCC3)N2)c(OC)c1. The molecule has 9 heteroatoms. The molecule has 0 spiro atoms. The van der Waals surface area contributed by atoms with Crippen LogP contribution in [0.5, 0.6) is 11.5 Å². The van der Waals surface area contributed by atoms with Crippen LogP contribution in [0.2, 0.25) is 0 Å². The summed E-state index contributed by atoms with van der Waals surface area (Å²) in [5.41, 5.74) is 6.96. The van der Waals surface area contributed by atoms with E-state index in [9.17, 15) is 4.79 Å². The van der Waals surface area contributed by atoms with Gasteiger partial charge in [-0.1, -0.05) is 6.07 Å². The highest BCUT2D eigenvalue weighted by atomic mass is 32.2. The van der Waals surface area contributed by atoms with E-state index in [1.54, 1.807) is 32.2 Å². The number of benzene rings is 1. The van der Waals surface area contributed by atoms with Gasteiger partial charge in [-0.05, 0) is 17.9 Å². The van der Waals surface area contributed by atoms with Crippen molar-refractivity contribution in [3.63, 3.8) is 0 Å². The molecule has 2 heterocycles. The summed E-state index contributed by atoms with van der Waals surface area (Å²) in [5, 5.41) is 3.47. The molecular formula is C19H26N4O4S. The van der Waals surface area contributed by atoms with Crippen LogP contribution in [0.15, 0.2) is 34.6 Å². The Morgan fingerprint density at radius 1 is 1.36 bits per heavy atom. The third-order valence-corrected chi connectivity index (χ3v) is 5.85. The molecule has 0 radical (unpaired) electrons. The van der Waals surface area contributed by atoms with Gasteiger partial charge in [0.05, 0.1) is 33.0 Å². The summed E-state index contributed by atoms with van der Waals surface area (Å²) in [7, 11) is 3.25. The van der Waals surface area contributed by atoms with Crippen LogP contribution < -0.4 is 20.5 Å². The molecule has 3 rings (SSSR count). The van der Waals surface area contributed by atoms with E-state index in [1.807, 2.05) is 24.5 Å². The Balaban J connectivity index is 1.92. The number of amides is 1. The summed E-state index contributed by atoms with van der Waals surface area (Å²) < 4.78 is 16.3. The number of hydrogen-bond donors (Lipinski definition) is 2. The quantitative estimate of drug-likeness (QED) is 0.696. The summed E-state index contributed by atoms with van der Waals surface area (Å²) in [4.78, 5) is 18.0. The van der Waals surface area contributed by atoms with Crippen molar-refractivity contribution < 1.29 is 19.0 Å². The van der Waals surface area contributed by atoms with Gasteiger partial charge in [0.25, 0.3) is 5.91 Å². The average molecular weight is 407 g/mol. The fraction of sp³-hybridized carbons (Fsp3) is 0.474. The summed E-state index contributed by atoms with van der Waals surface area (Å²) in [6.07, 6.45) is 4.11. The van der Waals surface area contributed by atoms with Crippen molar-refractivity contribution in [3.8, 4) is 11.5 Å². The summed E-state index contributed by atoms with van der Waals surface area (Å²) in [5.74, 6) is 1.65. The highest BCUT2D eigenvalue weighted by Crippen LogP contribution is 2.35. The van der Waals surface area contributed by atoms with Crippen molar-refractivity contribution in [3.05, 3.63) is 35.2 Å². The number of nitrogens with two attached hydrogens (primary N) is 1. The lowest BCUT2D eigenvalue weighted by Crippen LogP contribution is -2.52. The molecule has 2 aliphatic heterocycles. The van der Waals surface area contributed by atoms with Crippen molar-refractivity contribution >= 4 is 23.9 Å². The fourth-order valence-electron chi connectivity index (χ4n) is 3.25. The first-order valence-corrected chi connectivity index (χ1v) is 10.2. The second kappa shape index (κ2) is 8.74. The lowest BCUT2D eigenvalue weighted by atomic mass is 10.1. The molecule has 1 amide bonds. The van der Waals surface area contributed by atoms with E-state index < -0.39 is 10.9 Å². The number of rotatable bonds is 7. The van der Waals surface area contributed by atoms with Gasteiger partial charge in [0.2, 0.25) is 0 Å². The van der Waals surface area contributed by atoms with Crippen molar-refractivity contribution in [2.24, 2.45) is 10.7 Å². The summed E-state index contributed by atoms with van der Waals surface area (Å²) in [6, 6.07) is 5.71. The van der Waals surface area contributed by atoms with Gasteiger partial charge in [0, 0.05) is 31.8 Å². The first kappa shape index (κ1) is 20.3. The molecule has 3 N–H and O–H groups in total. The van der Waals surface area contributed by atoms with Crippen molar-refractivity contribution in [2.45, 2.75) is 11.4 Å². The number of nitrogens with one attached hydrogen (secondary N) is 1. The van der Waals surface area contributed by atoms with Crippen LogP contribution in [-0.4, -0.2) is 68.8 Å². The molecule has 1 atom stereocenters. The normalized spacial score (nSPS) is 22.0. The molecule has 8 nitrogen and oxygen atoms in total. The number of thioether (sulfide) groups is 1. The first-order valence-electron chi connectivity index (χ1n) is 8.98. The van der Waals surface area contributed by atoms with Crippen LogP contribution in [-0.2, 0) is 16.0 Å². The number of nitrogens with zero attached hydrogens (tertiary/aromatic N) is 2. The van der Waals surface area contributed by atoms with E-state index >= 15 is 0 Å². The maximum absolute atomic E-state index is 12.0. The van der Waals surface area contributed by atoms with Gasteiger partial charge in [-0.2, -0.15) is 0 Å². The molecule has 2 aliphatic rings. The number of hydrogen-bond acceptors (Lipinski definition) is 8. The predicted octanol–water partition coefficient (Wildman–Crippen LogP) is 0.966. The fourth-order valence-corrected chi connectivity index (χ4v) is 3.91. The molecular weight excluding hydrogens is 380 g/mol. The number of morpholine rings is 1. The van der Waals surface area contributed by atoms with Gasteiger partial charge in [-0.3, -0.25) is 9.79 Å². The maximum Gasteiger partial charge on any atom is 0.253 e. The summed E-state index contributed by atoms with van der Waals surface area (Å²) >= 11 is 1.56. The van der Waals surface area contributed by atoms with Crippen LogP contribution in [0.4, 0.5) is 0 Å². The van der Waals surface area contributed by atoms with Gasteiger partial charge >= 0.3 is 0 Å². The molecule has 1 aromatic rings. The lowest BCUT2D eigenvalue weighted by molar-refractivity contribution is -0.114.